The number of hydrogen-bond acceptors (Lipinski definition) is 8. The first-order chi connectivity index (χ1) is 32.4. The van der Waals surface area contributed by atoms with Crippen LogP contribution in [0.5, 0.6) is 0 Å². The van der Waals surface area contributed by atoms with E-state index in [9.17, 15) is 64.5 Å². The van der Waals surface area contributed by atoms with Gasteiger partial charge in [0.15, 0.2) is 0 Å². The minimum absolute atomic E-state index is 0. The van der Waals surface area contributed by atoms with E-state index in [-0.39, 0.29) is 108 Å². The summed E-state index contributed by atoms with van der Waals surface area (Å²) in [5.41, 5.74) is -5.14. The monoisotopic (exact) mass is 1120 g/mol. The molecule has 0 bridgehead atoms. The van der Waals surface area contributed by atoms with Crippen LogP contribution in [-0.4, -0.2) is 74.1 Å². The topological polar surface area (TPSA) is 184 Å². The van der Waals surface area contributed by atoms with E-state index >= 15 is 0 Å². The fraction of sp³-hybridized carbons (Fsp3) is 0.208. The molecule has 0 aliphatic heterocycles. The molecule has 13 nitrogen and oxygen atoms in total. The molecule has 0 aliphatic rings. The number of nitrogens with one attached hydrogen (secondary N) is 2. The Morgan fingerprint density at radius 2 is 0.943 bits per heavy atom. The van der Waals surface area contributed by atoms with Crippen LogP contribution in [0.15, 0.2) is 138 Å². The Morgan fingerprint density at radius 1 is 0.600 bits per heavy atom. The first-order valence-electron chi connectivity index (χ1n) is 20.6. The zero-order chi connectivity index (χ0) is 50.6. The molecule has 6 aromatic rings. The summed E-state index contributed by atoms with van der Waals surface area (Å²) < 4.78 is 112. The molecular weight excluding hydrogens is 1080 g/mol. The number of likely N-dealkylation sites (N-methyl/N-ethyl adjacent to an activating group) is 1. The maximum Gasteiger partial charge on any atom is 0.416 e. The average Bonchev–Trinajstić information content (AvgIpc) is 3.31. The summed E-state index contributed by atoms with van der Waals surface area (Å²) in [5, 5.41) is 23.7. The number of amides is 2. The van der Waals surface area contributed by atoms with Crippen molar-refractivity contribution >= 4 is 33.4 Å². The molecule has 6 rings (SSSR count). The van der Waals surface area contributed by atoms with Crippen molar-refractivity contribution in [1.29, 1.82) is 10.5 Å². The number of halogens is 7. The third-order valence-electron chi connectivity index (χ3n) is 11.0. The molecule has 0 saturated heterocycles. The standard InChI is InChI=1S/C48H39F6N7O6S2.HI/c1-29-41(68(66)37-15-11-31(27-55)12-16-37)25-39(45(64)59(29)35-9-5-7-33(23-35)47(49,50)51)43(62)57-19-21-61(3,4)22-20-58-44(63)40-26-42(69(67)38-17-13-32(28-56)14-18-38)30(2)60(46(40)65)36-10-6-8-34(24-36)48(52,53)54;/h5-18,23-26H,19-22H2,1-4H3,(H-,57,58,62,63);1H. The van der Waals surface area contributed by atoms with E-state index in [0.29, 0.717) is 0 Å². The van der Waals surface area contributed by atoms with Crippen LogP contribution in [0.3, 0.4) is 0 Å². The third kappa shape index (κ3) is 12.2. The van der Waals surface area contributed by atoms with Crippen LogP contribution >= 0.6 is 0 Å². The van der Waals surface area contributed by atoms with Crippen molar-refractivity contribution in [3.05, 3.63) is 175 Å². The van der Waals surface area contributed by atoms with Crippen molar-refractivity contribution in [2.45, 2.75) is 45.8 Å². The first-order valence-corrected chi connectivity index (χ1v) is 22.9. The Kier molecular flexibility index (Phi) is 17.0. The van der Waals surface area contributed by atoms with Gasteiger partial charge in [0.1, 0.15) is 11.1 Å². The lowest BCUT2D eigenvalue weighted by molar-refractivity contribution is -0.887. The fourth-order valence-corrected chi connectivity index (χ4v) is 9.58. The Labute approximate surface area is 418 Å². The van der Waals surface area contributed by atoms with Gasteiger partial charge in [-0.25, -0.2) is 8.42 Å². The van der Waals surface area contributed by atoms with Gasteiger partial charge in [0.25, 0.3) is 22.9 Å². The van der Waals surface area contributed by atoms with Crippen LogP contribution in [0.25, 0.3) is 11.4 Å². The second kappa shape index (κ2) is 21.9. The molecule has 0 fully saturated rings. The lowest BCUT2D eigenvalue weighted by Gasteiger charge is -2.30. The molecule has 4 aromatic carbocycles. The SMILES string of the molecule is Cc1c(S(=O)c2ccc(C#N)cc2)cc(C(=O)NCC[N+](C)(C)CCNC(=O)c2cc(S(=O)c3ccc(C#N)cc3)c(C)n(-c3cccc(C(F)(F)F)c3)c2=O)c(=O)n1-c1cccc(C(F)(F)F)c1.[I-]. The molecule has 22 heteroatoms. The normalized spacial score (nSPS) is 12.5. The second-order valence-electron chi connectivity index (χ2n) is 16.1. The van der Waals surface area contributed by atoms with Gasteiger partial charge in [-0.2, -0.15) is 36.9 Å². The van der Waals surface area contributed by atoms with Gasteiger partial charge in [0, 0.05) is 32.6 Å². The molecule has 2 unspecified atom stereocenters. The number of alkyl halides is 6. The molecule has 70 heavy (non-hydrogen) atoms. The van der Waals surface area contributed by atoms with Gasteiger partial charge in [-0.1, -0.05) is 12.1 Å². The van der Waals surface area contributed by atoms with E-state index in [4.69, 9.17) is 0 Å². The van der Waals surface area contributed by atoms with Crippen LogP contribution in [0.4, 0.5) is 26.3 Å². The number of nitriles is 2. The molecule has 364 valence electrons. The van der Waals surface area contributed by atoms with Crippen molar-refractivity contribution in [3.8, 4) is 23.5 Å². The molecule has 2 atom stereocenters. The van der Waals surface area contributed by atoms with Crippen molar-refractivity contribution in [3.63, 3.8) is 0 Å². The molecule has 0 radical (unpaired) electrons. The number of benzene rings is 4. The number of hydrogen-bond donors (Lipinski definition) is 2. The summed E-state index contributed by atoms with van der Waals surface area (Å²) in [6.07, 6.45) is -9.55. The Morgan fingerprint density at radius 3 is 1.26 bits per heavy atom. The van der Waals surface area contributed by atoms with E-state index in [2.05, 4.69) is 10.6 Å². The quantitative estimate of drug-likeness (QED) is 0.0934. The van der Waals surface area contributed by atoms with Crippen LogP contribution in [0.2, 0.25) is 0 Å². The lowest BCUT2D eigenvalue weighted by atomic mass is 10.1. The Balaban J connectivity index is 0.00000913. The van der Waals surface area contributed by atoms with Gasteiger partial charge in [-0.05, 0) is 111 Å². The molecule has 2 heterocycles. The molecular formula is C48H40F6IN7O6S2. The highest BCUT2D eigenvalue weighted by Gasteiger charge is 2.33. The summed E-state index contributed by atoms with van der Waals surface area (Å²) in [7, 11) is -0.697. The number of quaternary nitrogens is 1. The third-order valence-corrected chi connectivity index (χ3v) is 14.0. The summed E-state index contributed by atoms with van der Waals surface area (Å²) in [6.45, 7) is 2.91. The van der Waals surface area contributed by atoms with E-state index in [1.54, 1.807) is 14.1 Å². The van der Waals surface area contributed by atoms with Gasteiger partial charge in [-0.3, -0.25) is 28.3 Å². The van der Waals surface area contributed by atoms with E-state index < -0.39 is 79.1 Å². The zero-order valence-corrected chi connectivity index (χ0v) is 41.2. The summed E-state index contributed by atoms with van der Waals surface area (Å²) in [5.74, 6) is -1.87. The maximum absolute atomic E-state index is 14.0. The average molecular weight is 1120 g/mol. The van der Waals surface area contributed by atoms with Gasteiger partial charge in [0.05, 0.1) is 106 Å². The number of carbonyl (C=O) groups excluding carboxylic acids is 2. The van der Waals surface area contributed by atoms with Crippen LogP contribution < -0.4 is 45.7 Å². The summed E-state index contributed by atoms with van der Waals surface area (Å²) in [6, 6.07) is 25.1. The highest BCUT2D eigenvalue weighted by atomic mass is 127. The minimum Gasteiger partial charge on any atom is -1.00 e. The van der Waals surface area contributed by atoms with Gasteiger partial charge in [-0.15, -0.1) is 0 Å². The number of aromatic nitrogens is 2. The van der Waals surface area contributed by atoms with Crippen LogP contribution in [0.1, 0.15) is 54.4 Å². The largest absolute Gasteiger partial charge is 1.00 e. The smallest absolute Gasteiger partial charge is 0.416 e. The molecule has 0 spiro atoms. The summed E-state index contributed by atoms with van der Waals surface area (Å²) in [4.78, 5) is 55.7. The highest BCUT2D eigenvalue weighted by molar-refractivity contribution is 7.85. The van der Waals surface area contributed by atoms with Gasteiger partial charge in [0.2, 0.25) is 0 Å². The number of nitrogens with zero attached hydrogens (tertiary/aromatic N) is 5. The highest BCUT2D eigenvalue weighted by Crippen LogP contribution is 2.33. The van der Waals surface area contributed by atoms with Gasteiger partial charge >= 0.3 is 12.4 Å². The van der Waals surface area contributed by atoms with E-state index in [1.807, 2.05) is 12.1 Å². The Hall–Kier alpha value is -6.73. The van der Waals surface area contributed by atoms with Crippen molar-refractivity contribution in [2.24, 2.45) is 0 Å². The number of rotatable bonds is 14. The lowest BCUT2D eigenvalue weighted by Crippen LogP contribution is -3.00. The molecule has 2 aromatic heterocycles. The number of carbonyl (C=O) groups is 2. The fourth-order valence-electron chi connectivity index (χ4n) is 7.13. The predicted molar refractivity (Wildman–Crippen MR) is 242 cm³/mol. The molecule has 0 saturated carbocycles. The van der Waals surface area contributed by atoms with E-state index in [0.717, 1.165) is 57.7 Å². The molecule has 2 N–H and O–H groups in total. The second-order valence-corrected chi connectivity index (χ2v) is 19.0. The van der Waals surface area contributed by atoms with Gasteiger partial charge < -0.3 is 39.1 Å². The minimum atomic E-state index is -4.78. The molecule has 2 amide bonds. The van der Waals surface area contributed by atoms with Crippen LogP contribution in [-0.2, 0) is 34.0 Å². The maximum atomic E-state index is 14.0. The van der Waals surface area contributed by atoms with Crippen LogP contribution in [0, 0.1) is 36.5 Å². The van der Waals surface area contributed by atoms with E-state index in [1.165, 1.54) is 74.5 Å². The number of pyridine rings is 2. The van der Waals surface area contributed by atoms with Crippen molar-refractivity contribution < 1.29 is 72.8 Å². The first kappa shape index (κ1) is 54.2. The Bertz CT molecular complexity index is 3040. The predicted octanol–water partition coefficient (Wildman–Crippen LogP) is 3.96. The zero-order valence-electron chi connectivity index (χ0n) is 37.4. The van der Waals surface area contributed by atoms with Crippen molar-refractivity contribution in [1.82, 2.24) is 19.8 Å². The van der Waals surface area contributed by atoms with Crippen molar-refractivity contribution in [2.75, 3.05) is 40.3 Å². The summed E-state index contributed by atoms with van der Waals surface area (Å²) >= 11 is 0. The molecule has 0 aliphatic carbocycles.